The molecule has 0 saturated heterocycles. The van der Waals surface area contributed by atoms with Gasteiger partial charge in [-0.05, 0) is 43.0 Å². The molecule has 0 bridgehead atoms. The maximum atomic E-state index is 12.9. The van der Waals surface area contributed by atoms with Crippen molar-refractivity contribution < 1.29 is 8.78 Å². The van der Waals surface area contributed by atoms with Crippen LogP contribution in [-0.2, 0) is 12.8 Å². The topological polar surface area (TPSA) is 0 Å². The lowest BCUT2D eigenvalue weighted by molar-refractivity contribution is 0.0128. The largest absolute Gasteiger partial charge is 0.256 e. The zero-order valence-corrected chi connectivity index (χ0v) is 9.82. The maximum Gasteiger partial charge on any atom is 0.256 e. The minimum atomic E-state index is -2.54. The summed E-state index contributed by atoms with van der Waals surface area (Å²) in [6, 6.07) is 0. The lowest BCUT2D eigenvalue weighted by Gasteiger charge is -2.05. The molecular formula is C7H4Br2F2S. The van der Waals surface area contributed by atoms with Gasteiger partial charge in [-0.1, -0.05) is 0 Å². The van der Waals surface area contributed by atoms with Crippen LogP contribution in [0, 0.1) is 0 Å². The second-order valence-electron chi connectivity index (χ2n) is 2.82. The van der Waals surface area contributed by atoms with Gasteiger partial charge < -0.3 is 0 Å². The van der Waals surface area contributed by atoms with Crippen LogP contribution in [0.25, 0.3) is 0 Å². The van der Waals surface area contributed by atoms with Gasteiger partial charge in [0.25, 0.3) is 5.92 Å². The number of alkyl halides is 2. The van der Waals surface area contributed by atoms with E-state index in [1.54, 1.807) is 0 Å². The molecule has 0 unspecified atom stereocenters. The highest BCUT2D eigenvalue weighted by Crippen LogP contribution is 2.46. The Bertz CT molecular complexity index is 304. The van der Waals surface area contributed by atoms with Crippen molar-refractivity contribution in [1.82, 2.24) is 0 Å². The molecule has 1 heterocycles. The SMILES string of the molecule is FC1(F)Cc2c(Br)sc(Br)c2C1. The van der Waals surface area contributed by atoms with E-state index in [0.29, 0.717) is 0 Å². The predicted molar refractivity (Wildman–Crippen MR) is 52.1 cm³/mol. The van der Waals surface area contributed by atoms with E-state index in [0.717, 1.165) is 18.7 Å². The third kappa shape index (κ3) is 1.36. The summed E-state index contributed by atoms with van der Waals surface area (Å²) < 4.78 is 27.5. The molecule has 66 valence electrons. The second-order valence-corrected chi connectivity index (χ2v) is 6.47. The molecule has 1 aromatic heterocycles. The van der Waals surface area contributed by atoms with E-state index in [-0.39, 0.29) is 12.8 Å². The van der Waals surface area contributed by atoms with E-state index >= 15 is 0 Å². The lowest BCUT2D eigenvalue weighted by atomic mass is 10.2. The fourth-order valence-electron chi connectivity index (χ4n) is 1.37. The molecule has 0 aromatic carbocycles. The van der Waals surface area contributed by atoms with Gasteiger partial charge in [0.05, 0.1) is 7.57 Å². The normalized spacial score (nSPS) is 19.7. The van der Waals surface area contributed by atoms with Crippen molar-refractivity contribution in [2.75, 3.05) is 0 Å². The highest BCUT2D eigenvalue weighted by Gasteiger charge is 2.40. The fourth-order valence-corrected chi connectivity index (χ4v) is 4.55. The number of hydrogen-bond acceptors (Lipinski definition) is 1. The van der Waals surface area contributed by atoms with Crippen molar-refractivity contribution in [3.8, 4) is 0 Å². The quantitative estimate of drug-likeness (QED) is 0.678. The average Bonchev–Trinajstić information content (AvgIpc) is 2.34. The Labute approximate surface area is 89.2 Å². The predicted octanol–water partition coefficient (Wildman–Crippen LogP) is 4.01. The zero-order valence-electron chi connectivity index (χ0n) is 5.83. The Morgan fingerprint density at radius 1 is 1.08 bits per heavy atom. The van der Waals surface area contributed by atoms with Crippen LogP contribution in [-0.4, -0.2) is 5.92 Å². The monoisotopic (exact) mass is 316 g/mol. The molecule has 0 aliphatic heterocycles. The molecule has 0 nitrogen and oxygen atoms in total. The molecule has 5 heteroatoms. The number of halogens is 4. The minimum absolute atomic E-state index is 0.120. The van der Waals surface area contributed by atoms with Crippen LogP contribution in [0.5, 0.6) is 0 Å². The smallest absolute Gasteiger partial charge is 0.206 e. The third-order valence-corrected chi connectivity index (χ3v) is 4.67. The van der Waals surface area contributed by atoms with E-state index in [2.05, 4.69) is 31.9 Å². The molecule has 1 aliphatic carbocycles. The van der Waals surface area contributed by atoms with E-state index in [1.165, 1.54) is 11.3 Å². The van der Waals surface area contributed by atoms with Gasteiger partial charge >= 0.3 is 0 Å². The van der Waals surface area contributed by atoms with Crippen molar-refractivity contribution in [2.45, 2.75) is 18.8 Å². The summed E-state index contributed by atoms with van der Waals surface area (Å²) in [6.45, 7) is 0. The summed E-state index contributed by atoms with van der Waals surface area (Å²) in [6.07, 6.45) is -0.240. The summed E-state index contributed by atoms with van der Waals surface area (Å²) in [4.78, 5) is 0. The molecule has 1 aromatic rings. The van der Waals surface area contributed by atoms with Crippen LogP contribution in [0.1, 0.15) is 11.1 Å². The van der Waals surface area contributed by atoms with Gasteiger partial charge in [0.1, 0.15) is 0 Å². The minimum Gasteiger partial charge on any atom is -0.206 e. The molecule has 0 N–H and O–H groups in total. The molecule has 0 fully saturated rings. The lowest BCUT2D eigenvalue weighted by Crippen LogP contribution is -2.15. The number of thiophene rings is 1. The van der Waals surface area contributed by atoms with Crippen molar-refractivity contribution in [3.05, 3.63) is 18.7 Å². The maximum absolute atomic E-state index is 12.9. The van der Waals surface area contributed by atoms with Crippen LogP contribution in [0.4, 0.5) is 8.78 Å². The first-order valence-corrected chi connectivity index (χ1v) is 5.73. The molecule has 1 aliphatic rings. The van der Waals surface area contributed by atoms with Gasteiger partial charge in [0.2, 0.25) is 0 Å². The van der Waals surface area contributed by atoms with Gasteiger partial charge in [0, 0.05) is 12.8 Å². The average molecular weight is 318 g/mol. The Balaban J connectivity index is 2.49. The van der Waals surface area contributed by atoms with E-state index in [4.69, 9.17) is 0 Å². The summed E-state index contributed by atoms with van der Waals surface area (Å²) in [5.74, 6) is -2.54. The van der Waals surface area contributed by atoms with Crippen LogP contribution in [0.2, 0.25) is 0 Å². The Morgan fingerprint density at radius 3 is 1.92 bits per heavy atom. The first-order valence-electron chi connectivity index (χ1n) is 3.33. The number of rotatable bonds is 0. The Hall–Kier alpha value is 0.520. The van der Waals surface area contributed by atoms with E-state index in [1.807, 2.05) is 0 Å². The first-order chi connectivity index (χ1) is 5.49. The molecule has 0 saturated carbocycles. The zero-order chi connectivity index (χ0) is 8.93. The van der Waals surface area contributed by atoms with Gasteiger partial charge in [-0.2, -0.15) is 0 Å². The van der Waals surface area contributed by atoms with E-state index < -0.39 is 5.92 Å². The number of fused-ring (bicyclic) bond motifs is 1. The van der Waals surface area contributed by atoms with Gasteiger partial charge in [-0.15, -0.1) is 11.3 Å². The molecule has 0 amide bonds. The summed E-state index contributed by atoms with van der Waals surface area (Å²) in [5.41, 5.74) is 1.55. The van der Waals surface area contributed by atoms with Crippen LogP contribution in [0.3, 0.4) is 0 Å². The number of hydrogen-bond donors (Lipinski definition) is 0. The summed E-state index contributed by atoms with van der Waals surface area (Å²) in [5, 5.41) is 0. The summed E-state index contributed by atoms with van der Waals surface area (Å²) in [7, 11) is 0. The molecule has 12 heavy (non-hydrogen) atoms. The Morgan fingerprint density at radius 2 is 1.50 bits per heavy atom. The fraction of sp³-hybridized carbons (Fsp3) is 0.429. The highest BCUT2D eigenvalue weighted by molar-refractivity contribution is 9.12. The molecule has 2 rings (SSSR count). The van der Waals surface area contributed by atoms with Gasteiger partial charge in [0.15, 0.2) is 0 Å². The second kappa shape index (κ2) is 2.75. The Kier molecular flexibility index (Phi) is 2.09. The standard InChI is InChI=1S/C7H4Br2F2S/c8-5-3-1-7(10,11)2-4(3)6(9)12-5/h1-2H2. The van der Waals surface area contributed by atoms with Crippen molar-refractivity contribution >= 4 is 43.2 Å². The van der Waals surface area contributed by atoms with E-state index in [9.17, 15) is 8.78 Å². The van der Waals surface area contributed by atoms with Crippen molar-refractivity contribution in [1.29, 1.82) is 0 Å². The van der Waals surface area contributed by atoms with Crippen LogP contribution < -0.4 is 0 Å². The molecule has 0 atom stereocenters. The third-order valence-electron chi connectivity index (χ3n) is 1.89. The summed E-state index contributed by atoms with van der Waals surface area (Å²) >= 11 is 8.02. The highest BCUT2D eigenvalue weighted by atomic mass is 79.9. The molecule has 0 radical (unpaired) electrons. The van der Waals surface area contributed by atoms with Crippen molar-refractivity contribution in [3.63, 3.8) is 0 Å². The molecule has 0 spiro atoms. The van der Waals surface area contributed by atoms with Gasteiger partial charge in [-0.25, -0.2) is 8.78 Å². The molecular weight excluding hydrogens is 314 g/mol. The van der Waals surface area contributed by atoms with Crippen LogP contribution >= 0.6 is 43.2 Å². The van der Waals surface area contributed by atoms with Crippen LogP contribution in [0.15, 0.2) is 7.57 Å². The first kappa shape index (κ1) is 9.09. The van der Waals surface area contributed by atoms with Crippen molar-refractivity contribution in [2.24, 2.45) is 0 Å². The van der Waals surface area contributed by atoms with Gasteiger partial charge in [-0.3, -0.25) is 0 Å².